The summed E-state index contributed by atoms with van der Waals surface area (Å²) in [6.07, 6.45) is 0.751. The van der Waals surface area contributed by atoms with Crippen LogP contribution in [0.2, 0.25) is 0 Å². The van der Waals surface area contributed by atoms with Crippen LogP contribution in [-0.4, -0.2) is 33.0 Å². The van der Waals surface area contributed by atoms with Crippen molar-refractivity contribution >= 4 is 22.7 Å². The van der Waals surface area contributed by atoms with Gasteiger partial charge >= 0.3 is 0 Å². The highest BCUT2D eigenvalue weighted by atomic mass is 32.2. The highest BCUT2D eigenvalue weighted by molar-refractivity contribution is 7.98. The van der Waals surface area contributed by atoms with E-state index in [1.54, 1.807) is 17.6 Å². The van der Waals surface area contributed by atoms with Gasteiger partial charge < -0.3 is 9.15 Å². The van der Waals surface area contributed by atoms with E-state index < -0.39 is 0 Å². The van der Waals surface area contributed by atoms with Gasteiger partial charge in [0.05, 0.1) is 16.7 Å². The van der Waals surface area contributed by atoms with Crippen molar-refractivity contribution in [2.45, 2.75) is 37.7 Å². The van der Waals surface area contributed by atoms with Gasteiger partial charge in [0.15, 0.2) is 5.16 Å². The normalized spacial score (nSPS) is 11.3. The lowest BCUT2D eigenvalue weighted by molar-refractivity contribution is 0.140. The molecule has 0 N–H and O–H groups in total. The first-order valence-electron chi connectivity index (χ1n) is 8.18. The van der Waals surface area contributed by atoms with E-state index in [0.29, 0.717) is 53.4 Å². The van der Waals surface area contributed by atoms with Crippen LogP contribution in [0.25, 0.3) is 10.9 Å². The lowest BCUT2D eigenvalue weighted by atomic mass is 10.2. The molecule has 25 heavy (non-hydrogen) atoms. The van der Waals surface area contributed by atoms with E-state index >= 15 is 0 Å². The SMILES string of the molecule is CCOCCCn1c(SCc2nnc(C)o2)nc2ccccc2c1=O. The second-order valence-electron chi connectivity index (χ2n) is 5.42. The van der Waals surface area contributed by atoms with Crippen molar-refractivity contribution in [3.05, 3.63) is 46.4 Å². The molecular formula is C17H20N4O3S. The maximum atomic E-state index is 12.8. The Morgan fingerprint density at radius 1 is 1.28 bits per heavy atom. The molecule has 0 saturated heterocycles. The van der Waals surface area contributed by atoms with E-state index in [1.165, 1.54) is 11.8 Å². The molecule has 0 spiro atoms. The van der Waals surface area contributed by atoms with E-state index in [-0.39, 0.29) is 5.56 Å². The molecule has 7 nitrogen and oxygen atoms in total. The fourth-order valence-corrected chi connectivity index (χ4v) is 3.31. The van der Waals surface area contributed by atoms with E-state index in [2.05, 4.69) is 15.2 Å². The number of para-hydroxylation sites is 1. The molecule has 0 bridgehead atoms. The predicted octanol–water partition coefficient (Wildman–Crippen LogP) is 2.81. The third kappa shape index (κ3) is 4.26. The number of hydrogen-bond donors (Lipinski definition) is 0. The molecule has 1 aromatic carbocycles. The van der Waals surface area contributed by atoms with Crippen LogP contribution in [0.1, 0.15) is 25.1 Å². The molecule has 2 heterocycles. The summed E-state index contributed by atoms with van der Waals surface area (Å²) in [6.45, 7) is 5.55. The third-order valence-electron chi connectivity index (χ3n) is 3.59. The molecule has 0 saturated carbocycles. The van der Waals surface area contributed by atoms with E-state index in [9.17, 15) is 4.79 Å². The minimum Gasteiger partial charge on any atom is -0.425 e. The summed E-state index contributed by atoms with van der Waals surface area (Å²) in [5.41, 5.74) is 0.657. The standard InChI is InChI=1S/C17H20N4O3S/c1-3-23-10-6-9-21-16(22)13-7-4-5-8-14(13)18-17(21)25-11-15-20-19-12(2)24-15/h4-5,7-8H,3,6,9-11H2,1-2H3. The molecular weight excluding hydrogens is 340 g/mol. The second kappa shape index (κ2) is 8.26. The Labute approximate surface area is 149 Å². The zero-order chi connectivity index (χ0) is 17.6. The molecule has 0 radical (unpaired) electrons. The number of ether oxygens (including phenoxy) is 1. The molecule has 2 aromatic heterocycles. The van der Waals surface area contributed by atoms with Crippen molar-refractivity contribution in [3.8, 4) is 0 Å². The Bertz CT molecular complexity index is 906. The van der Waals surface area contributed by atoms with Crippen LogP contribution < -0.4 is 5.56 Å². The molecule has 0 aliphatic carbocycles. The number of nitrogens with zero attached hydrogens (tertiary/aromatic N) is 4. The summed E-state index contributed by atoms with van der Waals surface area (Å²) >= 11 is 1.42. The van der Waals surface area contributed by atoms with Gasteiger partial charge in [0.2, 0.25) is 11.8 Å². The first-order chi connectivity index (χ1) is 12.2. The molecule has 3 aromatic rings. The van der Waals surface area contributed by atoms with Crippen LogP contribution in [0.4, 0.5) is 0 Å². The zero-order valence-electron chi connectivity index (χ0n) is 14.3. The molecule has 0 aliphatic rings. The van der Waals surface area contributed by atoms with E-state index in [1.807, 2.05) is 25.1 Å². The summed E-state index contributed by atoms with van der Waals surface area (Å²) < 4.78 is 12.5. The molecule has 132 valence electrons. The largest absolute Gasteiger partial charge is 0.425 e. The molecule has 8 heteroatoms. The van der Waals surface area contributed by atoms with E-state index in [4.69, 9.17) is 9.15 Å². The quantitative estimate of drug-likeness (QED) is 0.347. The zero-order valence-corrected chi connectivity index (χ0v) is 15.1. The van der Waals surface area contributed by atoms with Crippen LogP contribution in [0.3, 0.4) is 0 Å². The summed E-state index contributed by atoms with van der Waals surface area (Å²) in [7, 11) is 0. The highest BCUT2D eigenvalue weighted by Crippen LogP contribution is 2.21. The maximum Gasteiger partial charge on any atom is 0.262 e. The number of benzene rings is 1. The van der Waals surface area contributed by atoms with Gasteiger partial charge in [0.25, 0.3) is 5.56 Å². The topological polar surface area (TPSA) is 83.0 Å². The van der Waals surface area contributed by atoms with Gasteiger partial charge in [0, 0.05) is 26.7 Å². The van der Waals surface area contributed by atoms with Gasteiger partial charge in [0.1, 0.15) is 0 Å². The van der Waals surface area contributed by atoms with Gasteiger partial charge in [-0.25, -0.2) is 4.98 Å². The van der Waals surface area contributed by atoms with Gasteiger partial charge in [-0.1, -0.05) is 23.9 Å². The fourth-order valence-electron chi connectivity index (χ4n) is 2.45. The average Bonchev–Trinajstić information content (AvgIpc) is 3.04. The van der Waals surface area contributed by atoms with Crippen molar-refractivity contribution < 1.29 is 9.15 Å². The first-order valence-corrected chi connectivity index (χ1v) is 9.16. The van der Waals surface area contributed by atoms with Crippen LogP contribution in [-0.2, 0) is 17.0 Å². The smallest absolute Gasteiger partial charge is 0.262 e. The number of fused-ring (bicyclic) bond motifs is 1. The number of thioether (sulfide) groups is 1. The Balaban J connectivity index is 1.88. The summed E-state index contributed by atoms with van der Waals surface area (Å²) in [6, 6.07) is 7.38. The van der Waals surface area contributed by atoms with Crippen LogP contribution in [0, 0.1) is 6.92 Å². The first kappa shape index (κ1) is 17.6. The van der Waals surface area contributed by atoms with Crippen molar-refractivity contribution in [3.63, 3.8) is 0 Å². The van der Waals surface area contributed by atoms with Crippen molar-refractivity contribution in [2.24, 2.45) is 0 Å². The van der Waals surface area contributed by atoms with Crippen molar-refractivity contribution in [1.29, 1.82) is 0 Å². The lowest BCUT2D eigenvalue weighted by Gasteiger charge is -2.12. The highest BCUT2D eigenvalue weighted by Gasteiger charge is 2.13. The van der Waals surface area contributed by atoms with Crippen LogP contribution in [0.15, 0.2) is 38.6 Å². The number of hydrogen-bond acceptors (Lipinski definition) is 7. The molecule has 3 rings (SSSR count). The van der Waals surface area contributed by atoms with Crippen molar-refractivity contribution in [1.82, 2.24) is 19.7 Å². The van der Waals surface area contributed by atoms with Gasteiger partial charge in [-0.05, 0) is 25.5 Å². The predicted molar refractivity (Wildman–Crippen MR) is 95.7 cm³/mol. The Hall–Kier alpha value is -2.19. The number of aryl methyl sites for hydroxylation is 1. The Morgan fingerprint density at radius 2 is 2.12 bits per heavy atom. The van der Waals surface area contributed by atoms with Crippen LogP contribution in [0.5, 0.6) is 0 Å². The fraction of sp³-hybridized carbons (Fsp3) is 0.412. The van der Waals surface area contributed by atoms with E-state index in [0.717, 1.165) is 6.42 Å². The summed E-state index contributed by atoms with van der Waals surface area (Å²) in [5.74, 6) is 1.51. The average molecular weight is 360 g/mol. The number of rotatable bonds is 8. The Morgan fingerprint density at radius 3 is 2.88 bits per heavy atom. The monoisotopic (exact) mass is 360 g/mol. The molecule has 0 atom stereocenters. The summed E-state index contributed by atoms with van der Waals surface area (Å²) in [4.78, 5) is 17.5. The van der Waals surface area contributed by atoms with Crippen molar-refractivity contribution in [2.75, 3.05) is 13.2 Å². The molecule has 0 unspecified atom stereocenters. The van der Waals surface area contributed by atoms with Gasteiger partial charge in [-0.3, -0.25) is 9.36 Å². The second-order valence-corrected chi connectivity index (χ2v) is 6.36. The lowest BCUT2D eigenvalue weighted by Crippen LogP contribution is -2.24. The minimum absolute atomic E-state index is 0.0358. The molecule has 0 aliphatic heterocycles. The maximum absolute atomic E-state index is 12.8. The van der Waals surface area contributed by atoms with Gasteiger partial charge in [-0.15, -0.1) is 10.2 Å². The van der Waals surface area contributed by atoms with Gasteiger partial charge in [-0.2, -0.15) is 0 Å². The Kier molecular flexibility index (Phi) is 5.83. The summed E-state index contributed by atoms with van der Waals surface area (Å²) in [5, 5.41) is 9.08. The van der Waals surface area contributed by atoms with Crippen LogP contribution >= 0.6 is 11.8 Å². The third-order valence-corrected chi connectivity index (χ3v) is 4.55. The minimum atomic E-state index is -0.0358. The molecule has 0 amide bonds. The molecule has 0 fully saturated rings. The number of aromatic nitrogens is 4.